The van der Waals surface area contributed by atoms with Crippen molar-refractivity contribution in [2.75, 3.05) is 6.54 Å². The van der Waals surface area contributed by atoms with E-state index in [1.165, 1.54) is 0 Å². The van der Waals surface area contributed by atoms with Crippen molar-refractivity contribution in [1.29, 1.82) is 0 Å². The third kappa shape index (κ3) is 5.54. The van der Waals surface area contributed by atoms with Crippen LogP contribution in [0.2, 0.25) is 0 Å². The van der Waals surface area contributed by atoms with Gasteiger partial charge in [0.05, 0.1) is 6.26 Å². The van der Waals surface area contributed by atoms with E-state index in [-0.39, 0.29) is 11.9 Å². The fraction of sp³-hybridized carbons (Fsp3) is 0.615. The number of hydrogen-bond acceptors (Lipinski definition) is 4. The van der Waals surface area contributed by atoms with Crippen LogP contribution in [0.5, 0.6) is 0 Å². The molecule has 0 bridgehead atoms. The molecule has 0 saturated heterocycles. The lowest BCUT2D eigenvalue weighted by Gasteiger charge is -2.21. The van der Waals surface area contributed by atoms with Gasteiger partial charge in [-0.05, 0) is 45.4 Å². The molecule has 0 aromatic carbocycles. The Kier molecular flexibility index (Phi) is 4.75. The molecule has 0 saturated carbocycles. The van der Waals surface area contributed by atoms with Gasteiger partial charge in [0.1, 0.15) is 11.4 Å². The molecule has 96 valence electrons. The van der Waals surface area contributed by atoms with E-state index in [2.05, 4.69) is 0 Å². The normalized spacial score (nSPS) is 13.4. The molecule has 1 atom stereocenters. The molecule has 0 spiro atoms. The lowest BCUT2D eigenvalue weighted by molar-refractivity contribution is -0.155. The summed E-state index contributed by atoms with van der Waals surface area (Å²) in [4.78, 5) is 11.6. The van der Waals surface area contributed by atoms with E-state index in [1.807, 2.05) is 32.9 Å². The average molecular weight is 239 g/mol. The highest BCUT2D eigenvalue weighted by Gasteiger charge is 2.20. The Morgan fingerprint density at radius 2 is 2.24 bits per heavy atom. The van der Waals surface area contributed by atoms with E-state index in [4.69, 9.17) is 14.9 Å². The maximum Gasteiger partial charge on any atom is 0.306 e. The molecule has 1 aromatic rings. The Morgan fingerprint density at radius 1 is 1.53 bits per heavy atom. The summed E-state index contributed by atoms with van der Waals surface area (Å²) in [7, 11) is 0. The minimum absolute atomic E-state index is 0.0657. The van der Waals surface area contributed by atoms with Gasteiger partial charge >= 0.3 is 5.97 Å². The van der Waals surface area contributed by atoms with Gasteiger partial charge in [-0.2, -0.15) is 0 Å². The van der Waals surface area contributed by atoms with Gasteiger partial charge in [0.25, 0.3) is 0 Å². The van der Waals surface area contributed by atoms with Gasteiger partial charge < -0.3 is 14.9 Å². The monoisotopic (exact) mass is 239 g/mol. The molecule has 0 aliphatic rings. The molecule has 0 amide bonds. The van der Waals surface area contributed by atoms with Crippen molar-refractivity contribution in [1.82, 2.24) is 0 Å². The van der Waals surface area contributed by atoms with Gasteiger partial charge in [-0.15, -0.1) is 0 Å². The standard InChI is InChI=1S/C13H21NO3/c1-13(2,3)17-12(15)8-10(9-14)7-11-5-4-6-16-11/h4-6,10H,7-9,14H2,1-3H3/t10-/m0/s1. The van der Waals surface area contributed by atoms with Gasteiger partial charge in [0, 0.05) is 12.8 Å². The molecule has 2 N–H and O–H groups in total. The quantitative estimate of drug-likeness (QED) is 0.799. The first-order chi connectivity index (χ1) is 7.90. The van der Waals surface area contributed by atoms with Gasteiger partial charge in [0.15, 0.2) is 0 Å². The summed E-state index contributed by atoms with van der Waals surface area (Å²) < 4.78 is 10.5. The van der Waals surface area contributed by atoms with Crippen molar-refractivity contribution in [3.63, 3.8) is 0 Å². The smallest absolute Gasteiger partial charge is 0.306 e. The maximum atomic E-state index is 11.6. The first-order valence-corrected chi connectivity index (χ1v) is 5.85. The van der Waals surface area contributed by atoms with Crippen molar-refractivity contribution >= 4 is 5.97 Å². The topological polar surface area (TPSA) is 65.5 Å². The number of carbonyl (C=O) groups is 1. The average Bonchev–Trinajstić information content (AvgIpc) is 2.66. The Bertz CT molecular complexity index is 338. The van der Waals surface area contributed by atoms with Crippen LogP contribution < -0.4 is 5.73 Å². The Labute approximate surface area is 102 Å². The SMILES string of the molecule is CC(C)(C)OC(=O)C[C@@H](CN)Cc1ccco1. The number of nitrogens with two attached hydrogens (primary N) is 1. The van der Waals surface area contributed by atoms with E-state index in [9.17, 15) is 4.79 Å². The van der Waals surface area contributed by atoms with E-state index >= 15 is 0 Å². The van der Waals surface area contributed by atoms with Crippen molar-refractivity contribution < 1.29 is 13.9 Å². The first kappa shape index (κ1) is 13.8. The highest BCUT2D eigenvalue weighted by molar-refractivity contribution is 5.70. The Hall–Kier alpha value is -1.29. The molecular formula is C13H21NO3. The van der Waals surface area contributed by atoms with Crippen molar-refractivity contribution in [3.8, 4) is 0 Å². The highest BCUT2D eigenvalue weighted by atomic mass is 16.6. The van der Waals surface area contributed by atoms with E-state index in [0.717, 1.165) is 5.76 Å². The summed E-state index contributed by atoms with van der Waals surface area (Å²) >= 11 is 0. The van der Waals surface area contributed by atoms with E-state index < -0.39 is 5.60 Å². The van der Waals surface area contributed by atoms with Crippen LogP contribution >= 0.6 is 0 Å². The summed E-state index contributed by atoms with van der Waals surface area (Å²) in [6, 6.07) is 3.72. The Morgan fingerprint density at radius 3 is 2.71 bits per heavy atom. The van der Waals surface area contributed by atoms with Gasteiger partial charge in [0.2, 0.25) is 0 Å². The van der Waals surface area contributed by atoms with Crippen LogP contribution in [-0.4, -0.2) is 18.1 Å². The molecule has 0 unspecified atom stereocenters. The lowest BCUT2D eigenvalue weighted by atomic mass is 10.00. The summed E-state index contributed by atoms with van der Waals surface area (Å²) in [6.45, 7) is 6.01. The second kappa shape index (κ2) is 5.87. The van der Waals surface area contributed by atoms with Crippen LogP contribution in [0, 0.1) is 5.92 Å². The first-order valence-electron chi connectivity index (χ1n) is 5.85. The second-order valence-electron chi connectivity index (χ2n) is 5.18. The fourth-order valence-electron chi connectivity index (χ4n) is 1.57. The minimum Gasteiger partial charge on any atom is -0.469 e. The Balaban J connectivity index is 2.44. The van der Waals surface area contributed by atoms with Crippen molar-refractivity contribution in [2.45, 2.75) is 39.2 Å². The van der Waals surface area contributed by atoms with E-state index in [1.54, 1.807) is 6.26 Å². The number of esters is 1. The fourth-order valence-corrected chi connectivity index (χ4v) is 1.57. The van der Waals surface area contributed by atoms with Crippen LogP contribution in [0.25, 0.3) is 0 Å². The molecule has 0 aliphatic heterocycles. The molecule has 0 fully saturated rings. The molecule has 0 radical (unpaired) electrons. The number of hydrogen-bond donors (Lipinski definition) is 1. The lowest BCUT2D eigenvalue weighted by Crippen LogP contribution is -2.27. The summed E-state index contributed by atoms with van der Waals surface area (Å²) in [5.41, 5.74) is 5.21. The van der Waals surface area contributed by atoms with Gasteiger partial charge in [-0.1, -0.05) is 0 Å². The van der Waals surface area contributed by atoms with Crippen LogP contribution in [-0.2, 0) is 16.0 Å². The summed E-state index contributed by atoms with van der Waals surface area (Å²) in [5, 5.41) is 0. The second-order valence-corrected chi connectivity index (χ2v) is 5.18. The largest absolute Gasteiger partial charge is 0.469 e. The molecule has 1 aromatic heterocycles. The van der Waals surface area contributed by atoms with Crippen LogP contribution in [0.15, 0.2) is 22.8 Å². The number of furan rings is 1. The zero-order valence-electron chi connectivity index (χ0n) is 10.7. The molecule has 0 aliphatic carbocycles. The summed E-state index contributed by atoms with van der Waals surface area (Å²) in [6.07, 6.45) is 2.62. The third-order valence-corrected chi connectivity index (χ3v) is 2.28. The van der Waals surface area contributed by atoms with Crippen LogP contribution in [0.3, 0.4) is 0 Å². The maximum absolute atomic E-state index is 11.6. The van der Waals surface area contributed by atoms with Crippen molar-refractivity contribution in [2.24, 2.45) is 11.7 Å². The third-order valence-electron chi connectivity index (χ3n) is 2.28. The highest BCUT2D eigenvalue weighted by Crippen LogP contribution is 2.15. The minimum atomic E-state index is -0.444. The molecule has 1 rings (SSSR count). The van der Waals surface area contributed by atoms with Gasteiger partial charge in [-0.25, -0.2) is 0 Å². The predicted octanol–water partition coefficient (Wildman–Crippen LogP) is 2.13. The predicted molar refractivity (Wildman–Crippen MR) is 65.4 cm³/mol. The van der Waals surface area contributed by atoms with Crippen molar-refractivity contribution in [3.05, 3.63) is 24.2 Å². The zero-order chi connectivity index (χ0) is 12.9. The number of ether oxygens (including phenoxy) is 1. The summed E-state index contributed by atoms with van der Waals surface area (Å²) in [5.74, 6) is 0.708. The molecule has 17 heavy (non-hydrogen) atoms. The molecule has 4 heteroatoms. The zero-order valence-corrected chi connectivity index (χ0v) is 10.7. The van der Waals surface area contributed by atoms with Crippen LogP contribution in [0.1, 0.15) is 33.0 Å². The number of carbonyl (C=O) groups excluding carboxylic acids is 1. The molecular weight excluding hydrogens is 218 g/mol. The number of rotatable bonds is 5. The van der Waals surface area contributed by atoms with Crippen LogP contribution in [0.4, 0.5) is 0 Å². The molecule has 4 nitrogen and oxygen atoms in total. The van der Waals surface area contributed by atoms with E-state index in [0.29, 0.717) is 19.4 Å². The molecule has 1 heterocycles. The van der Waals surface area contributed by atoms with Gasteiger partial charge in [-0.3, -0.25) is 4.79 Å².